The molecule has 0 bridgehead atoms. The smallest absolute Gasteiger partial charge is 0.422 e. The van der Waals surface area contributed by atoms with Crippen LogP contribution in [0.3, 0.4) is 0 Å². The van der Waals surface area contributed by atoms with Crippen molar-refractivity contribution >= 4 is 10.8 Å². The number of ether oxygens (including phenoxy) is 1. The summed E-state index contributed by atoms with van der Waals surface area (Å²) in [6, 6.07) is 18.0. The molecule has 0 unspecified atom stereocenters. The highest BCUT2D eigenvalue weighted by Crippen LogP contribution is 2.26. The number of alkyl halides is 3. The first kappa shape index (κ1) is 26.6. The molecule has 4 aromatic rings. The van der Waals surface area contributed by atoms with Gasteiger partial charge in [-0.25, -0.2) is 13.2 Å². The lowest BCUT2D eigenvalue weighted by Crippen LogP contribution is -2.19. The van der Waals surface area contributed by atoms with Gasteiger partial charge in [0.2, 0.25) is 0 Å². The molecule has 194 valence electrons. The van der Waals surface area contributed by atoms with Gasteiger partial charge in [-0.05, 0) is 83.5 Å². The summed E-state index contributed by atoms with van der Waals surface area (Å²) in [6.45, 7) is 0.405. The van der Waals surface area contributed by atoms with Crippen molar-refractivity contribution in [2.75, 3.05) is 6.61 Å². The van der Waals surface area contributed by atoms with Gasteiger partial charge in [-0.1, -0.05) is 55.5 Å². The fraction of sp³-hybridized carbons (Fsp3) is 0.267. The van der Waals surface area contributed by atoms with Gasteiger partial charge < -0.3 is 4.74 Å². The van der Waals surface area contributed by atoms with Crippen molar-refractivity contribution < 1.29 is 31.1 Å². The topological polar surface area (TPSA) is 9.23 Å². The molecular weight excluding hydrogens is 490 g/mol. The second-order valence-corrected chi connectivity index (χ2v) is 9.04. The van der Waals surface area contributed by atoms with Crippen LogP contribution in [0.15, 0.2) is 66.7 Å². The minimum absolute atomic E-state index is 0.209. The summed E-state index contributed by atoms with van der Waals surface area (Å²) in [7, 11) is 0. The molecule has 0 aromatic heterocycles. The first-order valence-electron chi connectivity index (χ1n) is 12.1. The summed E-state index contributed by atoms with van der Waals surface area (Å²) in [5.74, 6) is -1.95. The summed E-state index contributed by atoms with van der Waals surface area (Å²) in [6.07, 6.45) is -2.02. The highest BCUT2D eigenvalue weighted by atomic mass is 19.4. The van der Waals surface area contributed by atoms with Gasteiger partial charge in [-0.2, -0.15) is 13.2 Å². The third-order valence-corrected chi connectivity index (χ3v) is 6.38. The summed E-state index contributed by atoms with van der Waals surface area (Å²) in [5.41, 5.74) is 3.55. The lowest BCUT2D eigenvalue weighted by atomic mass is 9.97. The predicted octanol–water partition coefficient (Wildman–Crippen LogP) is 8.33. The van der Waals surface area contributed by atoms with Crippen molar-refractivity contribution in [3.8, 4) is 5.75 Å². The Morgan fingerprint density at radius 3 is 1.95 bits per heavy atom. The Balaban J connectivity index is 1.41. The number of rotatable bonds is 9. The van der Waals surface area contributed by atoms with Crippen LogP contribution in [0.4, 0.5) is 26.3 Å². The normalized spacial score (nSPS) is 11.8. The van der Waals surface area contributed by atoms with Crippen molar-refractivity contribution in [3.05, 3.63) is 112 Å². The SMILES string of the molecule is CCc1ccc(CCc2ccc3c(F)c(CCc4ccc(OCC(F)(F)F)c(F)c4)ccc3c2)c(F)c1. The van der Waals surface area contributed by atoms with Gasteiger partial charge in [0.25, 0.3) is 0 Å². The highest BCUT2D eigenvalue weighted by Gasteiger charge is 2.29. The van der Waals surface area contributed by atoms with E-state index in [1.807, 2.05) is 37.3 Å². The number of fused-ring (bicyclic) bond motifs is 1. The predicted molar refractivity (Wildman–Crippen MR) is 132 cm³/mol. The van der Waals surface area contributed by atoms with Crippen molar-refractivity contribution in [1.82, 2.24) is 0 Å². The van der Waals surface area contributed by atoms with E-state index < -0.39 is 24.3 Å². The summed E-state index contributed by atoms with van der Waals surface area (Å²) >= 11 is 0. The number of halogens is 6. The largest absolute Gasteiger partial charge is 0.481 e. The van der Waals surface area contributed by atoms with Gasteiger partial charge in [-0.3, -0.25) is 0 Å². The molecule has 1 nitrogen and oxygen atoms in total. The van der Waals surface area contributed by atoms with E-state index in [0.717, 1.165) is 35.1 Å². The van der Waals surface area contributed by atoms with Gasteiger partial charge in [0.05, 0.1) is 0 Å². The number of hydrogen-bond donors (Lipinski definition) is 0. The average Bonchev–Trinajstić information content (AvgIpc) is 2.86. The first-order valence-corrected chi connectivity index (χ1v) is 12.1. The fourth-order valence-corrected chi connectivity index (χ4v) is 4.28. The summed E-state index contributed by atoms with van der Waals surface area (Å²) in [4.78, 5) is 0. The molecule has 0 heterocycles. The van der Waals surface area contributed by atoms with Gasteiger partial charge in [0, 0.05) is 5.39 Å². The Kier molecular flexibility index (Phi) is 8.10. The molecule has 4 rings (SSSR count). The van der Waals surface area contributed by atoms with E-state index in [9.17, 15) is 22.0 Å². The molecule has 0 amide bonds. The molecule has 0 spiro atoms. The van der Waals surface area contributed by atoms with E-state index >= 15 is 4.39 Å². The molecular formula is C30H26F6O. The molecule has 0 aliphatic rings. The van der Waals surface area contributed by atoms with Gasteiger partial charge >= 0.3 is 6.18 Å². The fourth-order valence-electron chi connectivity index (χ4n) is 4.28. The number of hydrogen-bond acceptors (Lipinski definition) is 1. The second kappa shape index (κ2) is 11.3. The van der Waals surface area contributed by atoms with Gasteiger partial charge in [0.15, 0.2) is 18.2 Å². The molecule has 0 atom stereocenters. The van der Waals surface area contributed by atoms with Gasteiger partial charge in [0.1, 0.15) is 11.6 Å². The zero-order chi connectivity index (χ0) is 26.6. The Labute approximate surface area is 211 Å². The Morgan fingerprint density at radius 1 is 0.649 bits per heavy atom. The standard InChI is InChI=1S/C30H26F6O/c1-2-19-3-8-22(26(31)16-19)9-4-20-6-13-25-24(15-20)12-11-23(29(25)33)10-5-21-7-14-28(27(32)17-21)37-18-30(34,35)36/h3,6-8,11-17H,2,4-5,9-10,18H2,1H3. The minimum Gasteiger partial charge on any atom is -0.481 e. The quantitative estimate of drug-likeness (QED) is 0.203. The van der Waals surface area contributed by atoms with Crippen LogP contribution in [0, 0.1) is 17.5 Å². The second-order valence-electron chi connectivity index (χ2n) is 9.04. The van der Waals surface area contributed by atoms with E-state index in [-0.39, 0.29) is 11.6 Å². The van der Waals surface area contributed by atoms with E-state index in [2.05, 4.69) is 4.74 Å². The Morgan fingerprint density at radius 2 is 1.27 bits per heavy atom. The van der Waals surface area contributed by atoms with Crippen molar-refractivity contribution in [1.29, 1.82) is 0 Å². The molecule has 4 aromatic carbocycles. The molecule has 0 fully saturated rings. The number of benzene rings is 4. The molecule has 0 saturated carbocycles. The third kappa shape index (κ3) is 6.85. The van der Waals surface area contributed by atoms with Crippen LogP contribution in [-0.2, 0) is 32.1 Å². The van der Waals surface area contributed by atoms with Crippen molar-refractivity contribution in [3.63, 3.8) is 0 Å². The minimum atomic E-state index is -4.56. The zero-order valence-electron chi connectivity index (χ0n) is 20.3. The molecule has 0 N–H and O–H groups in total. The monoisotopic (exact) mass is 516 g/mol. The number of aryl methyl sites for hydroxylation is 5. The van der Waals surface area contributed by atoms with Crippen LogP contribution in [0.1, 0.15) is 34.7 Å². The molecule has 0 aliphatic carbocycles. The van der Waals surface area contributed by atoms with Crippen molar-refractivity contribution in [2.24, 2.45) is 0 Å². The van der Waals surface area contributed by atoms with Crippen LogP contribution in [-0.4, -0.2) is 12.8 Å². The maximum Gasteiger partial charge on any atom is 0.422 e. The summed E-state index contributed by atoms with van der Waals surface area (Å²) < 4.78 is 84.9. The van der Waals surface area contributed by atoms with E-state index in [4.69, 9.17) is 0 Å². The van der Waals surface area contributed by atoms with Gasteiger partial charge in [-0.15, -0.1) is 0 Å². The zero-order valence-corrected chi connectivity index (χ0v) is 20.3. The van der Waals surface area contributed by atoms with E-state index in [1.165, 1.54) is 6.07 Å². The third-order valence-electron chi connectivity index (χ3n) is 6.38. The van der Waals surface area contributed by atoms with E-state index in [1.54, 1.807) is 18.2 Å². The maximum absolute atomic E-state index is 15.2. The molecule has 0 saturated heterocycles. The molecule has 0 radical (unpaired) electrons. The Bertz CT molecular complexity index is 1390. The molecule has 0 aliphatic heterocycles. The Hall–Kier alpha value is -3.48. The van der Waals surface area contributed by atoms with Crippen LogP contribution in [0.2, 0.25) is 0 Å². The lowest BCUT2D eigenvalue weighted by molar-refractivity contribution is -0.153. The van der Waals surface area contributed by atoms with Crippen LogP contribution in [0.5, 0.6) is 5.75 Å². The maximum atomic E-state index is 15.2. The molecule has 37 heavy (non-hydrogen) atoms. The lowest BCUT2D eigenvalue weighted by Gasteiger charge is -2.11. The highest BCUT2D eigenvalue weighted by molar-refractivity contribution is 5.84. The van der Waals surface area contributed by atoms with Crippen LogP contribution < -0.4 is 4.74 Å². The summed E-state index contributed by atoms with van der Waals surface area (Å²) in [5, 5.41) is 1.19. The van der Waals surface area contributed by atoms with Crippen molar-refractivity contribution in [2.45, 2.75) is 45.2 Å². The van der Waals surface area contributed by atoms with Crippen LogP contribution >= 0.6 is 0 Å². The van der Waals surface area contributed by atoms with E-state index in [0.29, 0.717) is 47.8 Å². The van der Waals surface area contributed by atoms with Crippen LogP contribution in [0.25, 0.3) is 10.8 Å². The first-order chi connectivity index (χ1) is 17.6. The average molecular weight is 517 g/mol. The molecule has 7 heteroatoms.